The molecule has 2 aromatic carbocycles. The van der Waals surface area contributed by atoms with E-state index in [0.29, 0.717) is 30.0 Å². The van der Waals surface area contributed by atoms with Gasteiger partial charge in [0, 0.05) is 16.7 Å². The minimum atomic E-state index is -0.441. The number of benzene rings is 2. The third kappa shape index (κ3) is 4.16. The first kappa shape index (κ1) is 18.7. The molecule has 0 aliphatic carbocycles. The van der Waals surface area contributed by atoms with E-state index < -0.39 is 5.97 Å². The number of amides is 1. The van der Waals surface area contributed by atoms with E-state index in [-0.39, 0.29) is 5.91 Å². The zero-order chi connectivity index (χ0) is 18.5. The number of morpholine rings is 1. The van der Waals surface area contributed by atoms with Gasteiger partial charge in [-0.25, -0.2) is 4.79 Å². The predicted octanol–water partition coefficient (Wildman–Crippen LogP) is 3.17. The maximum absolute atomic E-state index is 12.7. The number of methoxy groups -OCH3 is 1. The first-order valence-corrected chi connectivity index (χ1v) is 9.29. The molecule has 2 aromatic rings. The minimum Gasteiger partial charge on any atom is -0.465 e. The summed E-state index contributed by atoms with van der Waals surface area (Å²) >= 11 is 2.13. The van der Waals surface area contributed by atoms with Crippen LogP contribution >= 0.6 is 22.6 Å². The molecule has 0 atom stereocenters. The third-order valence-corrected chi connectivity index (χ3v) is 5.08. The fraction of sp³-hybridized carbons (Fsp3) is 0.263. The predicted molar refractivity (Wildman–Crippen MR) is 108 cm³/mol. The van der Waals surface area contributed by atoms with Crippen LogP contribution < -0.4 is 10.2 Å². The van der Waals surface area contributed by atoms with Crippen molar-refractivity contribution in [3.8, 4) is 0 Å². The molecule has 1 heterocycles. The van der Waals surface area contributed by atoms with E-state index in [2.05, 4.69) is 32.8 Å². The Hall–Kier alpha value is -2.13. The van der Waals surface area contributed by atoms with Crippen LogP contribution in [0, 0.1) is 3.57 Å². The molecule has 0 bridgehead atoms. The summed E-state index contributed by atoms with van der Waals surface area (Å²) in [7, 11) is 1.34. The normalized spacial score (nSPS) is 14.0. The van der Waals surface area contributed by atoms with Gasteiger partial charge in [-0.3, -0.25) is 4.79 Å². The van der Waals surface area contributed by atoms with Gasteiger partial charge in [0.1, 0.15) is 0 Å². The molecule has 0 unspecified atom stereocenters. The third-order valence-electron chi connectivity index (χ3n) is 4.14. The molecule has 1 aliphatic heterocycles. The van der Waals surface area contributed by atoms with E-state index in [1.54, 1.807) is 18.2 Å². The lowest BCUT2D eigenvalue weighted by atomic mass is 10.1. The molecule has 0 spiro atoms. The Kier molecular flexibility index (Phi) is 6.10. The quantitative estimate of drug-likeness (QED) is 0.554. The molecule has 7 heteroatoms. The molecular weight excluding hydrogens is 447 g/mol. The second kappa shape index (κ2) is 8.50. The molecule has 1 saturated heterocycles. The SMILES string of the molecule is COC(=O)c1ccc(N2CCOCC2)c(NC(=O)c2ccccc2I)c1. The van der Waals surface area contributed by atoms with Crippen molar-refractivity contribution < 1.29 is 19.1 Å². The van der Waals surface area contributed by atoms with Crippen molar-refractivity contribution in [3.05, 3.63) is 57.2 Å². The van der Waals surface area contributed by atoms with E-state index in [0.717, 1.165) is 22.3 Å². The van der Waals surface area contributed by atoms with Gasteiger partial charge in [0.05, 0.1) is 42.8 Å². The number of carbonyl (C=O) groups excluding carboxylic acids is 2. The van der Waals surface area contributed by atoms with Gasteiger partial charge in [-0.2, -0.15) is 0 Å². The van der Waals surface area contributed by atoms with Gasteiger partial charge in [-0.1, -0.05) is 12.1 Å². The monoisotopic (exact) mass is 466 g/mol. The van der Waals surface area contributed by atoms with Crippen molar-refractivity contribution in [1.82, 2.24) is 0 Å². The number of ether oxygens (including phenoxy) is 2. The molecule has 6 nitrogen and oxygen atoms in total. The van der Waals surface area contributed by atoms with Gasteiger partial charge in [-0.15, -0.1) is 0 Å². The number of hydrogen-bond acceptors (Lipinski definition) is 5. The number of halogens is 1. The van der Waals surface area contributed by atoms with E-state index in [9.17, 15) is 9.59 Å². The van der Waals surface area contributed by atoms with E-state index >= 15 is 0 Å². The summed E-state index contributed by atoms with van der Waals surface area (Å²) in [5.41, 5.74) is 2.42. The lowest BCUT2D eigenvalue weighted by Gasteiger charge is -2.30. The first-order valence-electron chi connectivity index (χ1n) is 8.21. The molecule has 1 fully saturated rings. The first-order chi connectivity index (χ1) is 12.6. The van der Waals surface area contributed by atoms with Crippen LogP contribution in [0.15, 0.2) is 42.5 Å². The van der Waals surface area contributed by atoms with Gasteiger partial charge < -0.3 is 19.7 Å². The largest absolute Gasteiger partial charge is 0.465 e. The summed E-state index contributed by atoms with van der Waals surface area (Å²) < 4.78 is 11.1. The average molecular weight is 466 g/mol. The number of rotatable bonds is 4. The zero-order valence-electron chi connectivity index (χ0n) is 14.3. The van der Waals surface area contributed by atoms with E-state index in [1.165, 1.54) is 7.11 Å². The Morgan fingerprint density at radius 2 is 1.88 bits per heavy atom. The van der Waals surface area contributed by atoms with Crippen LogP contribution in [0.1, 0.15) is 20.7 Å². The number of anilines is 2. The van der Waals surface area contributed by atoms with E-state index in [4.69, 9.17) is 9.47 Å². The molecule has 3 rings (SSSR count). The molecule has 1 N–H and O–H groups in total. The highest BCUT2D eigenvalue weighted by molar-refractivity contribution is 14.1. The molecular formula is C19H19IN2O4. The van der Waals surface area contributed by atoms with Crippen molar-refractivity contribution in [2.75, 3.05) is 43.6 Å². The van der Waals surface area contributed by atoms with Crippen molar-refractivity contribution in [2.45, 2.75) is 0 Å². The van der Waals surface area contributed by atoms with Crippen molar-refractivity contribution in [2.24, 2.45) is 0 Å². The van der Waals surface area contributed by atoms with Crippen molar-refractivity contribution >= 4 is 45.8 Å². The van der Waals surface area contributed by atoms with Gasteiger partial charge in [0.2, 0.25) is 0 Å². The molecule has 1 amide bonds. The summed E-state index contributed by atoms with van der Waals surface area (Å²) in [5.74, 6) is -0.658. The van der Waals surface area contributed by atoms with Gasteiger partial charge in [0.15, 0.2) is 0 Å². The van der Waals surface area contributed by atoms with Crippen LogP contribution in [-0.4, -0.2) is 45.3 Å². The highest BCUT2D eigenvalue weighted by atomic mass is 127. The Labute approximate surface area is 165 Å². The Balaban J connectivity index is 1.94. The maximum Gasteiger partial charge on any atom is 0.337 e. The van der Waals surface area contributed by atoms with Gasteiger partial charge >= 0.3 is 5.97 Å². The second-order valence-corrected chi connectivity index (χ2v) is 6.92. The number of nitrogens with zero attached hydrogens (tertiary/aromatic N) is 1. The number of esters is 1. The highest BCUT2D eigenvalue weighted by Gasteiger charge is 2.19. The Bertz CT molecular complexity index is 819. The topological polar surface area (TPSA) is 67.9 Å². The minimum absolute atomic E-state index is 0.216. The number of hydrogen-bond donors (Lipinski definition) is 1. The van der Waals surface area contributed by atoms with Crippen LogP contribution in [0.5, 0.6) is 0 Å². The van der Waals surface area contributed by atoms with Crippen LogP contribution in [-0.2, 0) is 9.47 Å². The summed E-state index contributed by atoms with van der Waals surface area (Å²) in [6, 6.07) is 12.6. The highest BCUT2D eigenvalue weighted by Crippen LogP contribution is 2.29. The average Bonchev–Trinajstić information content (AvgIpc) is 2.68. The fourth-order valence-electron chi connectivity index (χ4n) is 2.80. The van der Waals surface area contributed by atoms with E-state index in [1.807, 2.05) is 24.3 Å². The molecule has 0 aromatic heterocycles. The summed E-state index contributed by atoms with van der Waals surface area (Å²) in [6.07, 6.45) is 0. The summed E-state index contributed by atoms with van der Waals surface area (Å²) in [5, 5.41) is 2.95. The lowest BCUT2D eigenvalue weighted by Crippen LogP contribution is -2.36. The second-order valence-electron chi connectivity index (χ2n) is 5.76. The van der Waals surface area contributed by atoms with Gasteiger partial charge in [0.25, 0.3) is 5.91 Å². The standard InChI is InChI=1S/C19H19IN2O4/c1-25-19(24)13-6-7-17(22-8-10-26-11-9-22)16(12-13)21-18(23)14-4-2-3-5-15(14)20/h2-7,12H,8-11H2,1H3,(H,21,23). The number of carbonyl (C=O) groups is 2. The maximum atomic E-state index is 12.7. The van der Waals surface area contributed by atoms with Crippen LogP contribution in [0.4, 0.5) is 11.4 Å². The number of nitrogens with one attached hydrogen (secondary N) is 1. The summed E-state index contributed by atoms with van der Waals surface area (Å²) in [6.45, 7) is 2.71. The fourth-order valence-corrected chi connectivity index (χ4v) is 3.43. The molecule has 1 aliphatic rings. The van der Waals surface area contributed by atoms with Crippen LogP contribution in [0.3, 0.4) is 0 Å². The van der Waals surface area contributed by atoms with Crippen molar-refractivity contribution in [1.29, 1.82) is 0 Å². The van der Waals surface area contributed by atoms with Crippen molar-refractivity contribution in [3.63, 3.8) is 0 Å². The lowest BCUT2D eigenvalue weighted by molar-refractivity contribution is 0.0600. The summed E-state index contributed by atoms with van der Waals surface area (Å²) in [4.78, 5) is 26.8. The molecule has 0 saturated carbocycles. The Morgan fingerprint density at radius 1 is 1.15 bits per heavy atom. The smallest absolute Gasteiger partial charge is 0.337 e. The Morgan fingerprint density at radius 3 is 2.58 bits per heavy atom. The van der Waals surface area contributed by atoms with Gasteiger partial charge in [-0.05, 0) is 52.9 Å². The molecule has 0 radical (unpaired) electrons. The molecule has 136 valence electrons. The van der Waals surface area contributed by atoms with Crippen LogP contribution in [0.2, 0.25) is 0 Å². The van der Waals surface area contributed by atoms with Crippen LogP contribution in [0.25, 0.3) is 0 Å². The zero-order valence-corrected chi connectivity index (χ0v) is 16.5. The molecule has 26 heavy (non-hydrogen) atoms.